The van der Waals surface area contributed by atoms with Crippen molar-refractivity contribution in [1.82, 2.24) is 9.97 Å². The summed E-state index contributed by atoms with van der Waals surface area (Å²) in [7, 11) is 0. The number of anilines is 1. The monoisotopic (exact) mass is 379 g/mol. The first-order valence-electron chi connectivity index (χ1n) is 8.65. The highest BCUT2D eigenvalue weighted by Gasteiger charge is 2.21. The van der Waals surface area contributed by atoms with Crippen molar-refractivity contribution in [1.29, 1.82) is 0 Å². The van der Waals surface area contributed by atoms with E-state index < -0.39 is 0 Å². The van der Waals surface area contributed by atoms with Gasteiger partial charge in [-0.1, -0.05) is 0 Å². The zero-order chi connectivity index (χ0) is 18.6. The molecule has 4 rings (SSSR count). The first-order valence-corrected chi connectivity index (χ1v) is 9.53. The number of amides is 1. The molecule has 1 aliphatic heterocycles. The van der Waals surface area contributed by atoms with Crippen LogP contribution in [-0.4, -0.2) is 28.4 Å². The quantitative estimate of drug-likeness (QED) is 0.501. The van der Waals surface area contributed by atoms with Crippen molar-refractivity contribution in [3.05, 3.63) is 59.9 Å². The van der Waals surface area contributed by atoms with Crippen molar-refractivity contribution in [3.8, 4) is 16.3 Å². The maximum atomic E-state index is 12.2. The number of hydrogen-bond donors (Lipinski definition) is 0. The molecule has 3 aromatic rings. The van der Waals surface area contributed by atoms with Crippen LogP contribution in [0, 0.1) is 0 Å². The smallest absolute Gasteiger partial charge is 0.317 e. The number of carbonyl (C=O) groups excluding carboxylic acids is 2. The van der Waals surface area contributed by atoms with Crippen molar-refractivity contribution in [2.24, 2.45) is 0 Å². The average Bonchev–Trinajstić information content (AvgIpc) is 3.32. The minimum Gasteiger partial charge on any atom is -0.426 e. The Bertz CT molecular complexity index is 954. The van der Waals surface area contributed by atoms with E-state index in [0.717, 1.165) is 29.2 Å². The Balaban J connectivity index is 1.37. The lowest BCUT2D eigenvalue weighted by Gasteiger charge is -2.15. The van der Waals surface area contributed by atoms with Crippen LogP contribution in [0.25, 0.3) is 10.6 Å². The molecular weight excluding hydrogens is 362 g/mol. The highest BCUT2D eigenvalue weighted by atomic mass is 32.1. The molecule has 7 heteroatoms. The summed E-state index contributed by atoms with van der Waals surface area (Å²) < 4.78 is 5.39. The molecule has 6 nitrogen and oxygen atoms in total. The molecule has 1 saturated heterocycles. The molecule has 1 fully saturated rings. The molecule has 1 aromatic carbocycles. The number of carbonyl (C=O) groups is 2. The van der Waals surface area contributed by atoms with Gasteiger partial charge in [0.15, 0.2) is 0 Å². The maximum Gasteiger partial charge on any atom is 0.317 e. The lowest BCUT2D eigenvalue weighted by molar-refractivity contribution is -0.133. The second kappa shape index (κ2) is 7.67. The number of pyridine rings is 1. The van der Waals surface area contributed by atoms with E-state index in [1.807, 2.05) is 17.5 Å². The summed E-state index contributed by atoms with van der Waals surface area (Å²) in [6, 6.07) is 10.8. The largest absolute Gasteiger partial charge is 0.426 e. The number of benzene rings is 1. The molecule has 0 bridgehead atoms. The third-order valence-electron chi connectivity index (χ3n) is 4.24. The standard InChI is InChI=1S/C20H17N3O3S/c24-18-4-2-10-23(18)16-5-7-17(8-6-16)26-19(25)11-15-13-27-20(22-15)14-3-1-9-21-12-14/h1,3,5-9,12-13H,2,4,10-11H2. The molecule has 0 spiro atoms. The normalized spacial score (nSPS) is 13.8. The molecule has 1 aliphatic rings. The van der Waals surface area contributed by atoms with E-state index in [-0.39, 0.29) is 18.3 Å². The SMILES string of the molecule is O=C(Cc1csc(-c2cccnc2)n1)Oc1ccc(N2CCCC2=O)cc1. The number of rotatable bonds is 5. The summed E-state index contributed by atoms with van der Waals surface area (Å²) in [5.74, 6) is 0.217. The molecule has 0 aliphatic carbocycles. The lowest BCUT2D eigenvalue weighted by Crippen LogP contribution is -2.23. The number of hydrogen-bond acceptors (Lipinski definition) is 6. The summed E-state index contributed by atoms with van der Waals surface area (Å²) in [6.07, 6.45) is 5.02. The minimum absolute atomic E-state index is 0.100. The molecular formula is C20H17N3O3S. The second-order valence-electron chi connectivity index (χ2n) is 6.18. The molecule has 0 radical (unpaired) electrons. The van der Waals surface area contributed by atoms with Crippen molar-refractivity contribution in [2.75, 3.05) is 11.4 Å². The molecule has 2 aromatic heterocycles. The highest BCUT2D eigenvalue weighted by molar-refractivity contribution is 7.13. The predicted molar refractivity (Wildman–Crippen MR) is 103 cm³/mol. The van der Waals surface area contributed by atoms with Crippen LogP contribution < -0.4 is 9.64 Å². The molecule has 27 heavy (non-hydrogen) atoms. The van der Waals surface area contributed by atoms with Crippen LogP contribution >= 0.6 is 11.3 Å². The van der Waals surface area contributed by atoms with Gasteiger partial charge in [-0.25, -0.2) is 4.98 Å². The molecule has 136 valence electrons. The van der Waals surface area contributed by atoms with Gasteiger partial charge in [0.05, 0.1) is 12.1 Å². The van der Waals surface area contributed by atoms with E-state index in [2.05, 4.69) is 9.97 Å². The van der Waals surface area contributed by atoms with Crippen molar-refractivity contribution in [3.63, 3.8) is 0 Å². The summed E-state index contributed by atoms with van der Waals surface area (Å²) in [6.45, 7) is 0.737. The Kier molecular flexibility index (Phi) is 4.93. The molecule has 0 unspecified atom stereocenters. The third kappa shape index (κ3) is 4.03. The average molecular weight is 379 g/mol. The van der Waals surface area contributed by atoms with E-state index >= 15 is 0 Å². The number of nitrogens with zero attached hydrogens (tertiary/aromatic N) is 3. The van der Waals surface area contributed by atoms with Gasteiger partial charge in [0.1, 0.15) is 10.8 Å². The first kappa shape index (κ1) is 17.4. The highest BCUT2D eigenvalue weighted by Crippen LogP contribution is 2.25. The number of ether oxygens (including phenoxy) is 1. The second-order valence-corrected chi connectivity index (χ2v) is 7.04. The molecule has 0 atom stereocenters. The van der Waals surface area contributed by atoms with Gasteiger partial charge in [-0.15, -0.1) is 11.3 Å². The van der Waals surface area contributed by atoms with Gasteiger partial charge in [0.25, 0.3) is 0 Å². The zero-order valence-electron chi connectivity index (χ0n) is 14.5. The Morgan fingerprint density at radius 1 is 1.22 bits per heavy atom. The summed E-state index contributed by atoms with van der Waals surface area (Å²) in [4.78, 5) is 34.3. The lowest BCUT2D eigenvalue weighted by atomic mass is 10.2. The topological polar surface area (TPSA) is 72.4 Å². The summed E-state index contributed by atoms with van der Waals surface area (Å²) >= 11 is 1.47. The molecule has 3 heterocycles. The fraction of sp³-hybridized carbons (Fsp3) is 0.200. The number of esters is 1. The Labute approximate surface area is 160 Å². The van der Waals surface area contributed by atoms with Gasteiger partial charge < -0.3 is 9.64 Å². The van der Waals surface area contributed by atoms with Crippen LogP contribution in [0.3, 0.4) is 0 Å². The Morgan fingerprint density at radius 3 is 2.78 bits per heavy atom. The van der Waals surface area contributed by atoms with Crippen molar-refractivity contribution < 1.29 is 14.3 Å². The van der Waals surface area contributed by atoms with Gasteiger partial charge in [-0.05, 0) is 42.8 Å². The fourth-order valence-electron chi connectivity index (χ4n) is 2.94. The van der Waals surface area contributed by atoms with Gasteiger partial charge >= 0.3 is 5.97 Å². The minimum atomic E-state index is -0.372. The summed E-state index contributed by atoms with van der Waals surface area (Å²) in [5, 5.41) is 2.68. The van der Waals surface area contributed by atoms with Crippen LogP contribution in [0.1, 0.15) is 18.5 Å². The first-order chi connectivity index (χ1) is 13.2. The van der Waals surface area contributed by atoms with Crippen molar-refractivity contribution in [2.45, 2.75) is 19.3 Å². The van der Waals surface area contributed by atoms with Gasteiger partial charge in [-0.3, -0.25) is 14.6 Å². The van der Waals surface area contributed by atoms with Crippen LogP contribution in [-0.2, 0) is 16.0 Å². The fourth-order valence-corrected chi connectivity index (χ4v) is 3.75. The number of aromatic nitrogens is 2. The predicted octanol–water partition coefficient (Wildman–Crippen LogP) is 3.48. The summed E-state index contributed by atoms with van der Waals surface area (Å²) in [5.41, 5.74) is 2.43. The molecule has 1 amide bonds. The van der Waals surface area contributed by atoms with Crippen LogP contribution in [0.4, 0.5) is 5.69 Å². The van der Waals surface area contributed by atoms with E-state index in [9.17, 15) is 9.59 Å². The van der Waals surface area contributed by atoms with Crippen LogP contribution in [0.2, 0.25) is 0 Å². The Morgan fingerprint density at radius 2 is 2.07 bits per heavy atom. The van der Waals surface area contributed by atoms with E-state index in [1.165, 1.54) is 11.3 Å². The van der Waals surface area contributed by atoms with Gasteiger partial charge in [0.2, 0.25) is 5.91 Å². The van der Waals surface area contributed by atoms with Crippen LogP contribution in [0.5, 0.6) is 5.75 Å². The maximum absolute atomic E-state index is 12.2. The van der Waals surface area contributed by atoms with E-state index in [0.29, 0.717) is 17.9 Å². The zero-order valence-corrected chi connectivity index (χ0v) is 15.3. The van der Waals surface area contributed by atoms with E-state index in [4.69, 9.17) is 4.74 Å². The number of thiazole rings is 1. The Hall–Kier alpha value is -3.06. The third-order valence-corrected chi connectivity index (χ3v) is 5.18. The van der Waals surface area contributed by atoms with Crippen molar-refractivity contribution >= 4 is 28.9 Å². The molecule has 0 saturated carbocycles. The van der Waals surface area contributed by atoms with Gasteiger partial charge in [0, 0.05) is 42.0 Å². The van der Waals surface area contributed by atoms with E-state index in [1.54, 1.807) is 41.6 Å². The molecule has 0 N–H and O–H groups in total. The van der Waals surface area contributed by atoms with Crippen LogP contribution in [0.15, 0.2) is 54.2 Å². The van der Waals surface area contributed by atoms with Gasteiger partial charge in [-0.2, -0.15) is 0 Å².